The van der Waals surface area contributed by atoms with Gasteiger partial charge in [0.25, 0.3) is 0 Å². The molecule has 3 nitrogen and oxygen atoms in total. The maximum atomic E-state index is 9.22. The summed E-state index contributed by atoms with van der Waals surface area (Å²) >= 11 is 0. The molecule has 1 fully saturated rings. The molecule has 0 aromatic rings. The average Bonchev–Trinajstić information content (AvgIpc) is 2.44. The Morgan fingerprint density at radius 2 is 1.95 bits per heavy atom. The molecule has 1 N–H and O–H groups in total. The lowest BCUT2D eigenvalue weighted by atomic mass is 9.86. The molecular formula is C17H33N3. The quantitative estimate of drug-likeness (QED) is 0.692. The van der Waals surface area contributed by atoms with Crippen LogP contribution in [0.15, 0.2) is 0 Å². The molecule has 1 rings (SSSR count). The molecule has 116 valence electrons. The van der Waals surface area contributed by atoms with E-state index in [1.54, 1.807) is 0 Å². The van der Waals surface area contributed by atoms with Gasteiger partial charge in [0.05, 0.1) is 6.07 Å². The van der Waals surface area contributed by atoms with Crippen LogP contribution in [0.4, 0.5) is 0 Å². The van der Waals surface area contributed by atoms with Crippen molar-refractivity contribution in [2.24, 2.45) is 11.8 Å². The van der Waals surface area contributed by atoms with Crippen molar-refractivity contribution in [2.75, 3.05) is 26.2 Å². The van der Waals surface area contributed by atoms with E-state index in [0.29, 0.717) is 0 Å². The van der Waals surface area contributed by atoms with Gasteiger partial charge in [-0.2, -0.15) is 5.26 Å². The van der Waals surface area contributed by atoms with E-state index in [9.17, 15) is 5.26 Å². The molecule has 1 atom stereocenters. The molecule has 0 saturated carbocycles. The molecule has 3 heteroatoms. The Morgan fingerprint density at radius 3 is 2.45 bits per heavy atom. The van der Waals surface area contributed by atoms with Crippen LogP contribution >= 0.6 is 0 Å². The average molecular weight is 279 g/mol. The van der Waals surface area contributed by atoms with Crippen molar-refractivity contribution in [1.29, 1.82) is 5.26 Å². The van der Waals surface area contributed by atoms with Crippen LogP contribution in [-0.2, 0) is 0 Å². The molecule has 1 saturated heterocycles. The minimum absolute atomic E-state index is 0.334. The fourth-order valence-corrected chi connectivity index (χ4v) is 3.23. The minimum atomic E-state index is -0.334. The van der Waals surface area contributed by atoms with Gasteiger partial charge in [-0.15, -0.1) is 0 Å². The Morgan fingerprint density at radius 1 is 1.30 bits per heavy atom. The van der Waals surface area contributed by atoms with Crippen LogP contribution in [-0.4, -0.2) is 36.6 Å². The van der Waals surface area contributed by atoms with Gasteiger partial charge in [-0.3, -0.25) is 5.32 Å². The van der Waals surface area contributed by atoms with E-state index in [4.69, 9.17) is 0 Å². The number of nitrogens with zero attached hydrogens (tertiary/aromatic N) is 2. The standard InChI is InChI=1S/C17H33N3/c1-5-19-17(4,14-18)10-6-7-11-20-12-8-16(9-13-20)15(2)3/h15-16,19H,5-13H2,1-4H3. The zero-order valence-corrected chi connectivity index (χ0v) is 13.9. The maximum absolute atomic E-state index is 9.22. The van der Waals surface area contributed by atoms with E-state index in [1.165, 1.54) is 38.9 Å². The van der Waals surface area contributed by atoms with E-state index in [1.807, 2.05) is 6.92 Å². The largest absolute Gasteiger partial charge is 0.303 e. The first kappa shape index (κ1) is 17.5. The molecule has 0 radical (unpaired) electrons. The number of hydrogen-bond donors (Lipinski definition) is 1. The second kappa shape index (κ2) is 8.64. The number of hydrogen-bond acceptors (Lipinski definition) is 3. The number of unbranched alkanes of at least 4 members (excludes halogenated alkanes) is 1. The summed E-state index contributed by atoms with van der Waals surface area (Å²) in [6, 6.07) is 2.41. The summed E-state index contributed by atoms with van der Waals surface area (Å²) in [5.74, 6) is 1.77. The molecule has 1 aliphatic heterocycles. The van der Waals surface area contributed by atoms with Crippen molar-refractivity contribution in [3.8, 4) is 6.07 Å². The summed E-state index contributed by atoms with van der Waals surface area (Å²) in [5, 5.41) is 12.5. The van der Waals surface area contributed by atoms with E-state index in [-0.39, 0.29) is 5.54 Å². The van der Waals surface area contributed by atoms with Crippen molar-refractivity contribution in [3.05, 3.63) is 0 Å². The summed E-state index contributed by atoms with van der Waals surface area (Å²) in [7, 11) is 0. The Labute approximate surface area is 125 Å². The first-order valence-electron chi connectivity index (χ1n) is 8.39. The Balaban J connectivity index is 2.15. The van der Waals surface area contributed by atoms with E-state index >= 15 is 0 Å². The van der Waals surface area contributed by atoms with Crippen LogP contribution in [0.3, 0.4) is 0 Å². The number of nitrogens with one attached hydrogen (secondary N) is 1. The van der Waals surface area contributed by atoms with Crippen molar-refractivity contribution < 1.29 is 0 Å². The molecule has 1 aliphatic rings. The predicted octanol–water partition coefficient (Wildman–Crippen LogP) is 3.42. The fourth-order valence-electron chi connectivity index (χ4n) is 3.23. The summed E-state index contributed by atoms with van der Waals surface area (Å²) in [4.78, 5) is 2.61. The highest BCUT2D eigenvalue weighted by Gasteiger charge is 2.23. The normalized spacial score (nSPS) is 20.8. The second-order valence-electron chi connectivity index (χ2n) is 6.85. The van der Waals surface area contributed by atoms with Gasteiger partial charge in [0.1, 0.15) is 5.54 Å². The third kappa shape index (κ3) is 5.81. The van der Waals surface area contributed by atoms with Gasteiger partial charge in [-0.1, -0.05) is 20.8 Å². The van der Waals surface area contributed by atoms with Crippen molar-refractivity contribution in [1.82, 2.24) is 10.2 Å². The van der Waals surface area contributed by atoms with Gasteiger partial charge in [-0.05, 0) is 77.0 Å². The SMILES string of the molecule is CCNC(C)(C#N)CCCCN1CCC(C(C)C)CC1. The highest BCUT2D eigenvalue weighted by Crippen LogP contribution is 2.24. The predicted molar refractivity (Wildman–Crippen MR) is 85.5 cm³/mol. The van der Waals surface area contributed by atoms with E-state index < -0.39 is 0 Å². The van der Waals surface area contributed by atoms with Crippen LogP contribution in [0.2, 0.25) is 0 Å². The summed E-state index contributed by atoms with van der Waals surface area (Å²) in [5.41, 5.74) is -0.334. The monoisotopic (exact) mass is 279 g/mol. The highest BCUT2D eigenvalue weighted by molar-refractivity contribution is 5.03. The number of nitriles is 1. The molecule has 0 aromatic carbocycles. The molecule has 1 unspecified atom stereocenters. The fraction of sp³-hybridized carbons (Fsp3) is 0.941. The van der Waals surface area contributed by atoms with Crippen LogP contribution in [0, 0.1) is 23.2 Å². The van der Waals surface area contributed by atoms with Crippen molar-refractivity contribution >= 4 is 0 Å². The topological polar surface area (TPSA) is 39.1 Å². The zero-order valence-electron chi connectivity index (χ0n) is 13.9. The van der Waals surface area contributed by atoms with Crippen LogP contribution in [0.25, 0.3) is 0 Å². The molecule has 0 spiro atoms. The lowest BCUT2D eigenvalue weighted by molar-refractivity contribution is 0.155. The molecular weight excluding hydrogens is 246 g/mol. The Hall–Kier alpha value is -0.590. The van der Waals surface area contributed by atoms with Crippen LogP contribution in [0.5, 0.6) is 0 Å². The molecule has 20 heavy (non-hydrogen) atoms. The molecule has 0 amide bonds. The smallest absolute Gasteiger partial charge is 0.103 e. The van der Waals surface area contributed by atoms with Gasteiger partial charge in [-0.25, -0.2) is 0 Å². The zero-order chi connectivity index (χ0) is 15.0. The van der Waals surface area contributed by atoms with Gasteiger partial charge in [0.2, 0.25) is 0 Å². The summed E-state index contributed by atoms with van der Waals surface area (Å²) in [6.45, 7) is 13.4. The number of likely N-dealkylation sites (tertiary alicyclic amines) is 1. The van der Waals surface area contributed by atoms with Gasteiger partial charge >= 0.3 is 0 Å². The summed E-state index contributed by atoms with van der Waals surface area (Å²) < 4.78 is 0. The third-order valence-corrected chi connectivity index (χ3v) is 4.79. The molecule has 0 aliphatic carbocycles. The van der Waals surface area contributed by atoms with Crippen LogP contribution in [0.1, 0.15) is 59.8 Å². The van der Waals surface area contributed by atoms with Gasteiger partial charge in [0.15, 0.2) is 0 Å². The Bertz CT molecular complexity index is 300. The molecule has 0 bridgehead atoms. The van der Waals surface area contributed by atoms with Crippen molar-refractivity contribution in [2.45, 2.75) is 65.3 Å². The lowest BCUT2D eigenvalue weighted by Crippen LogP contribution is -2.41. The van der Waals surface area contributed by atoms with E-state index in [2.05, 4.69) is 37.1 Å². The van der Waals surface area contributed by atoms with Crippen molar-refractivity contribution in [3.63, 3.8) is 0 Å². The van der Waals surface area contributed by atoms with Gasteiger partial charge in [0, 0.05) is 0 Å². The highest BCUT2D eigenvalue weighted by atomic mass is 15.1. The molecule has 0 aromatic heterocycles. The first-order chi connectivity index (χ1) is 9.50. The lowest BCUT2D eigenvalue weighted by Gasteiger charge is -2.34. The van der Waals surface area contributed by atoms with E-state index in [0.717, 1.165) is 31.2 Å². The number of rotatable bonds is 8. The second-order valence-corrected chi connectivity index (χ2v) is 6.85. The maximum Gasteiger partial charge on any atom is 0.103 e. The third-order valence-electron chi connectivity index (χ3n) is 4.79. The van der Waals surface area contributed by atoms with Gasteiger partial charge < -0.3 is 4.90 Å². The first-order valence-corrected chi connectivity index (χ1v) is 8.39. The molecule has 1 heterocycles. The summed E-state index contributed by atoms with van der Waals surface area (Å²) in [6.07, 6.45) is 6.05. The number of piperidine rings is 1. The minimum Gasteiger partial charge on any atom is -0.303 e. The Kier molecular flexibility index (Phi) is 7.55. The van der Waals surface area contributed by atoms with Crippen LogP contribution < -0.4 is 5.32 Å².